The van der Waals surface area contributed by atoms with Crippen molar-refractivity contribution < 1.29 is 9.53 Å². The Bertz CT molecular complexity index is 753. The van der Waals surface area contributed by atoms with Crippen LogP contribution >= 0.6 is 0 Å². The van der Waals surface area contributed by atoms with E-state index in [1.807, 2.05) is 38.2 Å². The van der Waals surface area contributed by atoms with E-state index in [0.29, 0.717) is 24.9 Å². The molecule has 2 aromatic rings. The average Bonchev–Trinajstić information content (AvgIpc) is 3.03. The molecule has 7 heteroatoms. The van der Waals surface area contributed by atoms with Crippen LogP contribution in [0.25, 0.3) is 0 Å². The van der Waals surface area contributed by atoms with Gasteiger partial charge < -0.3 is 10.1 Å². The predicted octanol–water partition coefficient (Wildman–Crippen LogP) is 2.78. The number of ether oxygens (including phenoxy) is 1. The molecule has 2 N–H and O–H groups in total. The zero-order chi connectivity index (χ0) is 19.1. The highest BCUT2D eigenvalue weighted by molar-refractivity contribution is 5.88. The minimum absolute atomic E-state index is 0.0297. The van der Waals surface area contributed by atoms with Gasteiger partial charge in [0.25, 0.3) is 0 Å². The monoisotopic (exact) mass is 371 g/mol. The predicted molar refractivity (Wildman–Crippen MR) is 105 cm³/mol. The number of benzene rings is 1. The number of carbonyl (C=O) groups excluding carboxylic acids is 1. The molecule has 27 heavy (non-hydrogen) atoms. The van der Waals surface area contributed by atoms with E-state index in [9.17, 15) is 4.79 Å². The SMILES string of the molecule is Cc1cccc(OCCCCC(=O)Nc2nc(C3CCNCC3)nn2C)c1. The Kier molecular flexibility index (Phi) is 6.81. The molecule has 1 fully saturated rings. The Hall–Kier alpha value is -2.41. The van der Waals surface area contributed by atoms with Crippen LogP contribution in [0.5, 0.6) is 5.75 Å². The van der Waals surface area contributed by atoms with Crippen molar-refractivity contribution in [1.29, 1.82) is 0 Å². The number of hydrogen-bond donors (Lipinski definition) is 2. The van der Waals surface area contributed by atoms with Gasteiger partial charge in [0, 0.05) is 19.4 Å². The summed E-state index contributed by atoms with van der Waals surface area (Å²) in [6.07, 6.45) is 4.14. The van der Waals surface area contributed by atoms with Crippen LogP contribution in [0.2, 0.25) is 0 Å². The molecule has 1 aliphatic rings. The first kappa shape index (κ1) is 19.4. The molecule has 0 bridgehead atoms. The topological polar surface area (TPSA) is 81.1 Å². The largest absolute Gasteiger partial charge is 0.494 e. The van der Waals surface area contributed by atoms with Crippen molar-refractivity contribution in [1.82, 2.24) is 20.1 Å². The second kappa shape index (κ2) is 9.50. The summed E-state index contributed by atoms with van der Waals surface area (Å²) in [6.45, 7) is 4.64. The van der Waals surface area contributed by atoms with Gasteiger partial charge in [-0.25, -0.2) is 4.68 Å². The summed E-state index contributed by atoms with van der Waals surface area (Å²) in [5.41, 5.74) is 1.18. The highest BCUT2D eigenvalue weighted by Crippen LogP contribution is 2.23. The summed E-state index contributed by atoms with van der Waals surface area (Å²) in [5.74, 6) is 2.59. The fourth-order valence-corrected chi connectivity index (χ4v) is 3.24. The van der Waals surface area contributed by atoms with Gasteiger partial charge in [-0.1, -0.05) is 12.1 Å². The van der Waals surface area contributed by atoms with Gasteiger partial charge in [-0.05, 0) is 63.4 Å². The molecule has 1 aliphatic heterocycles. The number of anilines is 1. The van der Waals surface area contributed by atoms with Gasteiger partial charge in [-0.2, -0.15) is 10.1 Å². The zero-order valence-corrected chi connectivity index (χ0v) is 16.2. The van der Waals surface area contributed by atoms with Crippen LogP contribution in [0.15, 0.2) is 24.3 Å². The molecule has 146 valence electrons. The Morgan fingerprint density at radius 3 is 2.93 bits per heavy atom. The Morgan fingerprint density at radius 2 is 2.15 bits per heavy atom. The van der Waals surface area contributed by atoms with Crippen molar-refractivity contribution in [2.75, 3.05) is 25.0 Å². The van der Waals surface area contributed by atoms with Crippen LogP contribution in [0.3, 0.4) is 0 Å². The van der Waals surface area contributed by atoms with Crippen molar-refractivity contribution in [3.63, 3.8) is 0 Å². The number of nitrogens with zero attached hydrogens (tertiary/aromatic N) is 3. The fraction of sp³-hybridized carbons (Fsp3) is 0.550. The lowest BCUT2D eigenvalue weighted by Gasteiger charge is -2.19. The van der Waals surface area contributed by atoms with Gasteiger partial charge >= 0.3 is 0 Å². The minimum Gasteiger partial charge on any atom is -0.494 e. The number of unbranched alkanes of at least 4 members (excludes halogenated alkanes) is 1. The number of hydrogen-bond acceptors (Lipinski definition) is 5. The van der Waals surface area contributed by atoms with Gasteiger partial charge in [0.05, 0.1) is 6.61 Å². The molecule has 1 aromatic heterocycles. The smallest absolute Gasteiger partial charge is 0.227 e. The summed E-state index contributed by atoms with van der Waals surface area (Å²) in [7, 11) is 1.82. The number of aromatic nitrogens is 3. The lowest BCUT2D eigenvalue weighted by Crippen LogP contribution is -2.27. The molecule has 1 amide bonds. The van der Waals surface area contributed by atoms with E-state index in [1.165, 1.54) is 5.56 Å². The molecule has 0 unspecified atom stereocenters. The van der Waals surface area contributed by atoms with Crippen molar-refractivity contribution >= 4 is 11.9 Å². The number of carbonyl (C=O) groups is 1. The van der Waals surface area contributed by atoms with Crippen molar-refractivity contribution in [3.8, 4) is 5.75 Å². The van der Waals surface area contributed by atoms with Crippen LogP contribution in [0.1, 0.15) is 49.4 Å². The van der Waals surface area contributed by atoms with E-state index in [1.54, 1.807) is 4.68 Å². The Morgan fingerprint density at radius 1 is 1.33 bits per heavy atom. The molecule has 0 saturated carbocycles. The minimum atomic E-state index is -0.0297. The first-order valence-corrected chi connectivity index (χ1v) is 9.73. The van der Waals surface area contributed by atoms with E-state index in [0.717, 1.165) is 50.3 Å². The number of nitrogens with one attached hydrogen (secondary N) is 2. The molecule has 1 aromatic carbocycles. The van der Waals surface area contributed by atoms with Crippen molar-refractivity contribution in [2.45, 2.75) is 44.9 Å². The van der Waals surface area contributed by atoms with Crippen molar-refractivity contribution in [2.24, 2.45) is 7.05 Å². The first-order valence-electron chi connectivity index (χ1n) is 9.73. The van der Waals surface area contributed by atoms with Crippen molar-refractivity contribution in [3.05, 3.63) is 35.7 Å². The van der Waals surface area contributed by atoms with E-state index in [2.05, 4.69) is 20.7 Å². The molecular weight excluding hydrogens is 342 g/mol. The molecule has 7 nitrogen and oxygen atoms in total. The second-order valence-corrected chi connectivity index (χ2v) is 7.11. The zero-order valence-electron chi connectivity index (χ0n) is 16.2. The highest BCUT2D eigenvalue weighted by Gasteiger charge is 2.21. The van der Waals surface area contributed by atoms with E-state index in [4.69, 9.17) is 4.74 Å². The van der Waals surface area contributed by atoms with Gasteiger partial charge in [0.15, 0.2) is 5.82 Å². The Labute approximate surface area is 160 Å². The molecule has 3 rings (SSSR count). The normalized spacial score (nSPS) is 14.9. The van der Waals surface area contributed by atoms with Gasteiger partial charge in [0.1, 0.15) is 5.75 Å². The van der Waals surface area contributed by atoms with Gasteiger partial charge in [0.2, 0.25) is 11.9 Å². The van der Waals surface area contributed by atoms with Gasteiger partial charge in [-0.15, -0.1) is 0 Å². The molecule has 0 spiro atoms. The van der Waals surface area contributed by atoms with Gasteiger partial charge in [-0.3, -0.25) is 10.1 Å². The number of rotatable bonds is 8. The standard InChI is InChI=1S/C20H29N5O2/c1-15-6-5-7-17(14-15)27-13-4-3-8-18(26)22-20-23-19(24-25(20)2)16-9-11-21-12-10-16/h5-7,14,16,21H,3-4,8-13H2,1-2H3,(H,22,23,24,26). The highest BCUT2D eigenvalue weighted by atomic mass is 16.5. The lowest BCUT2D eigenvalue weighted by molar-refractivity contribution is -0.116. The summed E-state index contributed by atoms with van der Waals surface area (Å²) in [5, 5.41) is 10.7. The lowest BCUT2D eigenvalue weighted by atomic mass is 9.98. The van der Waals surface area contributed by atoms with E-state index in [-0.39, 0.29) is 5.91 Å². The maximum absolute atomic E-state index is 12.2. The number of amides is 1. The molecular formula is C20H29N5O2. The molecule has 0 radical (unpaired) electrons. The third-order valence-corrected chi connectivity index (χ3v) is 4.79. The molecule has 2 heterocycles. The maximum Gasteiger partial charge on any atom is 0.227 e. The van der Waals surface area contributed by atoms with E-state index < -0.39 is 0 Å². The quantitative estimate of drug-likeness (QED) is 0.698. The van der Waals surface area contributed by atoms with Crippen LogP contribution < -0.4 is 15.4 Å². The summed E-state index contributed by atoms with van der Waals surface area (Å²) < 4.78 is 7.38. The van der Waals surface area contributed by atoms with Crippen LogP contribution in [0, 0.1) is 6.92 Å². The first-order chi connectivity index (χ1) is 13.1. The summed E-state index contributed by atoms with van der Waals surface area (Å²) in [6, 6.07) is 7.99. The third-order valence-electron chi connectivity index (χ3n) is 4.79. The summed E-state index contributed by atoms with van der Waals surface area (Å²) >= 11 is 0. The summed E-state index contributed by atoms with van der Waals surface area (Å²) in [4.78, 5) is 16.7. The van der Waals surface area contributed by atoms with Crippen LogP contribution in [-0.4, -0.2) is 40.4 Å². The molecule has 0 aliphatic carbocycles. The van der Waals surface area contributed by atoms with E-state index >= 15 is 0 Å². The number of aryl methyl sites for hydroxylation is 2. The second-order valence-electron chi connectivity index (χ2n) is 7.11. The number of piperidine rings is 1. The van der Waals surface area contributed by atoms with Crippen LogP contribution in [0.4, 0.5) is 5.95 Å². The average molecular weight is 371 g/mol. The third kappa shape index (κ3) is 5.79. The maximum atomic E-state index is 12.2. The molecule has 1 saturated heterocycles. The van der Waals surface area contributed by atoms with Crippen LogP contribution in [-0.2, 0) is 11.8 Å². The Balaban J connectivity index is 1.38. The fourth-order valence-electron chi connectivity index (χ4n) is 3.24. The molecule has 0 atom stereocenters.